The van der Waals surface area contributed by atoms with Crippen molar-refractivity contribution in [1.82, 2.24) is 10.2 Å². The highest BCUT2D eigenvalue weighted by atomic mass is 127. The van der Waals surface area contributed by atoms with Crippen LogP contribution in [0.2, 0.25) is 5.15 Å². The van der Waals surface area contributed by atoms with Crippen molar-refractivity contribution >= 4 is 53.5 Å². The summed E-state index contributed by atoms with van der Waals surface area (Å²) in [4.78, 5) is 24.7. The Morgan fingerprint density at radius 2 is 2.07 bits per heavy atom. The van der Waals surface area contributed by atoms with Crippen molar-refractivity contribution in [3.63, 3.8) is 0 Å². The lowest BCUT2D eigenvalue weighted by atomic mass is 9.89. The van der Waals surface area contributed by atoms with E-state index in [1.807, 2.05) is 21.2 Å². The van der Waals surface area contributed by atoms with Crippen LogP contribution in [0.4, 0.5) is 0 Å². The molecule has 9 heteroatoms. The summed E-state index contributed by atoms with van der Waals surface area (Å²) in [5, 5.41) is 10.8. The van der Waals surface area contributed by atoms with Gasteiger partial charge in [0.25, 0.3) is 0 Å². The number of hydrogen-bond acceptors (Lipinski definition) is 7. The van der Waals surface area contributed by atoms with E-state index in [-0.39, 0.29) is 17.4 Å². The minimum atomic E-state index is -0.831. The molecule has 27 heavy (non-hydrogen) atoms. The maximum absolute atomic E-state index is 12.8. The molecule has 1 heterocycles. The van der Waals surface area contributed by atoms with Gasteiger partial charge in [0.15, 0.2) is 5.15 Å². The first-order valence-electron chi connectivity index (χ1n) is 7.57. The van der Waals surface area contributed by atoms with E-state index in [2.05, 4.69) is 21.4 Å². The lowest BCUT2D eigenvalue weighted by Crippen LogP contribution is -2.17. The molecule has 0 saturated heterocycles. The van der Waals surface area contributed by atoms with Gasteiger partial charge < -0.3 is 9.47 Å². The largest absolute Gasteiger partial charge is 0.496 e. The maximum Gasteiger partial charge on any atom is 0.334 e. The van der Waals surface area contributed by atoms with Crippen LogP contribution >= 0.6 is 41.7 Å². The number of hydrogen-bond donors (Lipinski definition) is 0. The van der Waals surface area contributed by atoms with Crippen LogP contribution in [0.15, 0.2) is 47.3 Å². The molecule has 1 aromatic heterocycles. The molecule has 1 atom stereocenters. The number of carbonyl (C=O) groups excluding carboxylic acids is 2. The number of esters is 1. The fraction of sp³-hybridized carbons (Fsp3) is 0.222. The van der Waals surface area contributed by atoms with Gasteiger partial charge in [0.2, 0.25) is 5.78 Å². The van der Waals surface area contributed by atoms with E-state index in [4.69, 9.17) is 21.1 Å². The standard InChI is InChI=1S/C18H14ClIN2O4S/c1-25-15-7-4-11(18(24)26-2)3-5-12(15)17(14(23)9-10-27-20)13-6-8-16(19)22-21-13/h4-8,17H,3H2,1-2H3. The predicted molar refractivity (Wildman–Crippen MR) is 112 cm³/mol. The monoisotopic (exact) mass is 516 g/mol. The van der Waals surface area contributed by atoms with E-state index in [9.17, 15) is 9.59 Å². The Labute approximate surface area is 178 Å². The molecule has 0 aliphatic heterocycles. The average molecular weight is 517 g/mol. The van der Waals surface area contributed by atoms with Gasteiger partial charge in [-0.1, -0.05) is 17.7 Å². The fourth-order valence-electron chi connectivity index (χ4n) is 2.45. The van der Waals surface area contributed by atoms with E-state index in [0.717, 1.165) is 0 Å². The topological polar surface area (TPSA) is 78.4 Å². The summed E-state index contributed by atoms with van der Waals surface area (Å²) in [5.41, 5.74) is 1.36. The third kappa shape index (κ3) is 5.57. The summed E-state index contributed by atoms with van der Waals surface area (Å²) in [6.45, 7) is 0. The quantitative estimate of drug-likeness (QED) is 0.335. The summed E-state index contributed by atoms with van der Waals surface area (Å²) in [5.74, 6) is 1.36. The average Bonchev–Trinajstić information content (AvgIpc) is 2.90. The molecule has 0 aromatic carbocycles. The Morgan fingerprint density at radius 1 is 1.30 bits per heavy atom. The third-order valence-electron chi connectivity index (χ3n) is 3.66. The van der Waals surface area contributed by atoms with Crippen LogP contribution in [0, 0.1) is 11.2 Å². The van der Waals surface area contributed by atoms with Crippen LogP contribution in [0.5, 0.6) is 0 Å². The first kappa shape index (κ1) is 21.5. The van der Waals surface area contributed by atoms with Gasteiger partial charge in [-0.05, 0) is 50.8 Å². The molecule has 1 aromatic rings. The number of carbonyl (C=O) groups is 2. The van der Waals surface area contributed by atoms with Crippen LogP contribution in [0.3, 0.4) is 0 Å². The first-order chi connectivity index (χ1) is 13.0. The summed E-state index contributed by atoms with van der Waals surface area (Å²) in [7, 11) is 4.00. The zero-order chi connectivity index (χ0) is 19.8. The van der Waals surface area contributed by atoms with Gasteiger partial charge in [0.05, 0.1) is 19.9 Å². The molecule has 0 bridgehead atoms. The van der Waals surface area contributed by atoms with Crippen LogP contribution in [-0.4, -0.2) is 36.2 Å². The number of ether oxygens (including phenoxy) is 2. The second-order valence-corrected chi connectivity index (χ2v) is 7.23. The van der Waals surface area contributed by atoms with Crippen molar-refractivity contribution in [3.05, 3.63) is 58.1 Å². The molecule has 1 aliphatic carbocycles. The van der Waals surface area contributed by atoms with Crippen molar-refractivity contribution in [2.75, 3.05) is 14.2 Å². The molecule has 1 unspecified atom stereocenters. The van der Waals surface area contributed by atoms with Gasteiger partial charge in [-0.3, -0.25) is 4.79 Å². The Bertz CT molecular complexity index is 885. The molecular weight excluding hydrogens is 503 g/mol. The zero-order valence-corrected chi connectivity index (χ0v) is 18.1. The molecule has 140 valence electrons. The van der Waals surface area contributed by atoms with Crippen molar-refractivity contribution < 1.29 is 19.1 Å². The second kappa shape index (κ2) is 10.5. The van der Waals surface area contributed by atoms with Gasteiger partial charge >= 0.3 is 5.97 Å². The second-order valence-electron chi connectivity index (χ2n) is 5.16. The van der Waals surface area contributed by atoms with Crippen molar-refractivity contribution in [2.45, 2.75) is 12.3 Å². The molecule has 0 spiro atoms. The normalized spacial score (nSPS) is 14.4. The van der Waals surface area contributed by atoms with Gasteiger partial charge in [-0.25, -0.2) is 4.79 Å². The molecular formula is C18H14ClIN2O4S. The zero-order valence-electron chi connectivity index (χ0n) is 14.4. The number of rotatable bonds is 5. The fourth-order valence-corrected chi connectivity index (χ4v) is 3.02. The minimum absolute atomic E-state index is 0.214. The highest BCUT2D eigenvalue weighted by Gasteiger charge is 2.29. The Kier molecular flexibility index (Phi) is 8.34. The number of aromatic nitrogens is 2. The van der Waals surface area contributed by atoms with Gasteiger partial charge in [-0.15, -0.1) is 5.10 Å². The minimum Gasteiger partial charge on any atom is -0.496 e. The number of halogens is 2. The van der Waals surface area contributed by atoms with Crippen LogP contribution in [-0.2, 0) is 19.1 Å². The molecule has 1 aliphatic rings. The third-order valence-corrected chi connectivity index (χ3v) is 4.71. The van der Waals surface area contributed by atoms with E-state index >= 15 is 0 Å². The van der Waals surface area contributed by atoms with E-state index in [0.29, 0.717) is 22.6 Å². The number of ketones is 1. The highest BCUT2D eigenvalue weighted by molar-refractivity contribution is 14.2. The maximum atomic E-state index is 12.8. The summed E-state index contributed by atoms with van der Waals surface area (Å²) >= 11 is 7.80. The molecule has 0 fully saturated rings. The van der Waals surface area contributed by atoms with E-state index < -0.39 is 11.9 Å². The van der Waals surface area contributed by atoms with E-state index in [1.165, 1.54) is 23.2 Å². The molecule has 0 amide bonds. The number of Topliss-reactive ketones (excluding diaryl/α,β-unsaturated/α-hetero) is 1. The van der Waals surface area contributed by atoms with Crippen LogP contribution in [0.25, 0.3) is 0 Å². The summed E-state index contributed by atoms with van der Waals surface area (Å²) in [6, 6.07) is 3.17. The number of nitrogens with zero attached hydrogens (tertiary/aromatic N) is 2. The van der Waals surface area contributed by atoms with E-state index in [1.54, 1.807) is 30.4 Å². The van der Waals surface area contributed by atoms with Gasteiger partial charge in [0.1, 0.15) is 11.7 Å². The van der Waals surface area contributed by atoms with Gasteiger partial charge in [0, 0.05) is 32.4 Å². The Hall–Kier alpha value is -1.83. The molecule has 0 saturated carbocycles. The highest BCUT2D eigenvalue weighted by Crippen LogP contribution is 2.33. The lowest BCUT2D eigenvalue weighted by Gasteiger charge is -2.18. The number of methoxy groups -OCH3 is 2. The van der Waals surface area contributed by atoms with Crippen LogP contribution in [0.1, 0.15) is 18.0 Å². The predicted octanol–water partition coefficient (Wildman–Crippen LogP) is 3.79. The Balaban J connectivity index is 2.53. The lowest BCUT2D eigenvalue weighted by molar-refractivity contribution is -0.136. The molecule has 2 rings (SSSR count). The SMILES string of the molecule is COC(=O)C1=CC=C(OC)C(C(C(=O)C#CSI)c2ccc(Cl)nn2)=CC1. The van der Waals surface area contributed by atoms with Crippen LogP contribution < -0.4 is 0 Å². The Morgan fingerprint density at radius 3 is 2.67 bits per heavy atom. The van der Waals surface area contributed by atoms with Crippen molar-refractivity contribution in [1.29, 1.82) is 0 Å². The molecule has 0 radical (unpaired) electrons. The number of allylic oxidation sites excluding steroid dienone is 4. The molecule has 0 N–H and O–H groups in total. The summed E-state index contributed by atoms with van der Waals surface area (Å²) in [6.07, 6.45) is 5.23. The smallest absolute Gasteiger partial charge is 0.334 e. The van der Waals surface area contributed by atoms with Crippen molar-refractivity contribution in [2.24, 2.45) is 0 Å². The van der Waals surface area contributed by atoms with Crippen molar-refractivity contribution in [3.8, 4) is 11.2 Å². The summed E-state index contributed by atoms with van der Waals surface area (Å²) < 4.78 is 10.2. The molecule has 6 nitrogen and oxygen atoms in total. The first-order valence-corrected chi connectivity index (χ1v) is 11.3. The van der Waals surface area contributed by atoms with Gasteiger partial charge in [-0.2, -0.15) is 5.10 Å².